The first-order chi connectivity index (χ1) is 16.0. The molecule has 0 saturated heterocycles. The number of hydrogen-bond acceptors (Lipinski definition) is 3. The fraction of sp³-hybridized carbons (Fsp3) is 0.500. The molecule has 0 heterocycles. The number of carbonyl (C=O) groups is 2. The van der Waals surface area contributed by atoms with Crippen LogP contribution in [0.4, 0.5) is 0 Å². The van der Waals surface area contributed by atoms with Crippen LogP contribution in [0.25, 0.3) is 0 Å². The molecule has 1 aliphatic carbocycles. The van der Waals surface area contributed by atoms with E-state index in [-0.39, 0.29) is 17.9 Å². The number of amides is 2. The van der Waals surface area contributed by atoms with Crippen LogP contribution in [0.5, 0.6) is 0 Å². The predicted octanol–water partition coefficient (Wildman–Crippen LogP) is 5.79. The van der Waals surface area contributed by atoms with Gasteiger partial charge in [0.05, 0.1) is 5.75 Å². The molecule has 0 radical (unpaired) electrons. The molecule has 0 bridgehead atoms. The molecule has 33 heavy (non-hydrogen) atoms. The summed E-state index contributed by atoms with van der Waals surface area (Å²) in [5.74, 6) is 1.18. The number of rotatable bonds is 10. The Hall–Kier alpha value is -2.27. The monoisotopic (exact) mass is 466 g/mol. The molecule has 0 aliphatic heterocycles. The van der Waals surface area contributed by atoms with E-state index in [0.29, 0.717) is 18.7 Å². The summed E-state index contributed by atoms with van der Waals surface area (Å²) in [6.45, 7) is 6.60. The second kappa shape index (κ2) is 12.8. The van der Waals surface area contributed by atoms with Crippen LogP contribution >= 0.6 is 11.8 Å². The minimum atomic E-state index is -0.445. The molecule has 1 aliphatic rings. The summed E-state index contributed by atoms with van der Waals surface area (Å²) < 4.78 is 0. The zero-order valence-corrected chi connectivity index (χ0v) is 21.1. The molecule has 3 rings (SSSR count). The fourth-order valence-corrected chi connectivity index (χ4v) is 5.47. The zero-order chi connectivity index (χ0) is 23.6. The van der Waals surface area contributed by atoms with Crippen molar-refractivity contribution in [1.82, 2.24) is 10.2 Å². The Labute approximate surface area is 203 Å². The van der Waals surface area contributed by atoms with E-state index in [2.05, 4.69) is 55.6 Å². The first-order valence-electron chi connectivity index (χ1n) is 12.2. The Morgan fingerprint density at radius 3 is 2.27 bits per heavy atom. The van der Waals surface area contributed by atoms with Gasteiger partial charge in [-0.05, 0) is 44.2 Å². The maximum atomic E-state index is 13.4. The Morgan fingerprint density at radius 2 is 1.64 bits per heavy atom. The number of carbonyl (C=O) groups excluding carboxylic acids is 2. The van der Waals surface area contributed by atoms with Crippen LogP contribution in [0, 0.1) is 13.8 Å². The topological polar surface area (TPSA) is 49.4 Å². The molecule has 1 atom stereocenters. The van der Waals surface area contributed by atoms with Gasteiger partial charge in [-0.2, -0.15) is 0 Å². The second-order valence-electron chi connectivity index (χ2n) is 9.26. The Balaban J connectivity index is 1.70. The van der Waals surface area contributed by atoms with E-state index in [1.165, 1.54) is 30.4 Å². The molecule has 178 valence electrons. The summed E-state index contributed by atoms with van der Waals surface area (Å²) in [5.41, 5.74) is 4.68. The first-order valence-corrected chi connectivity index (χ1v) is 13.4. The molecule has 2 amide bonds. The molecule has 1 saturated carbocycles. The predicted molar refractivity (Wildman–Crippen MR) is 138 cm³/mol. The SMILES string of the molecule is CC[C@@H](C(=O)NC1CCCCC1)N(Cc1cccc(C)c1)C(=O)CSCc1cccc(C)c1. The highest BCUT2D eigenvalue weighted by Gasteiger charge is 2.30. The number of aryl methyl sites for hydroxylation is 2. The minimum Gasteiger partial charge on any atom is -0.352 e. The zero-order valence-electron chi connectivity index (χ0n) is 20.3. The van der Waals surface area contributed by atoms with Crippen molar-refractivity contribution in [3.63, 3.8) is 0 Å². The highest BCUT2D eigenvalue weighted by molar-refractivity contribution is 7.99. The van der Waals surface area contributed by atoms with Gasteiger partial charge in [-0.1, -0.05) is 85.8 Å². The van der Waals surface area contributed by atoms with Crippen molar-refractivity contribution >= 4 is 23.6 Å². The van der Waals surface area contributed by atoms with Crippen molar-refractivity contribution in [2.45, 2.75) is 83.7 Å². The summed E-state index contributed by atoms with van der Waals surface area (Å²) in [6.07, 6.45) is 6.28. The van der Waals surface area contributed by atoms with Crippen LogP contribution in [-0.2, 0) is 21.9 Å². The maximum Gasteiger partial charge on any atom is 0.243 e. The van der Waals surface area contributed by atoms with E-state index in [1.54, 1.807) is 16.7 Å². The Bertz CT molecular complexity index is 924. The van der Waals surface area contributed by atoms with Gasteiger partial charge in [0.25, 0.3) is 0 Å². The molecule has 2 aromatic rings. The minimum absolute atomic E-state index is 0.00547. The Kier molecular flexibility index (Phi) is 9.86. The van der Waals surface area contributed by atoms with Gasteiger partial charge in [0, 0.05) is 18.3 Å². The number of thioether (sulfide) groups is 1. The lowest BCUT2D eigenvalue weighted by molar-refractivity contribution is -0.139. The van der Waals surface area contributed by atoms with Gasteiger partial charge in [0.1, 0.15) is 6.04 Å². The van der Waals surface area contributed by atoms with Gasteiger partial charge in [0.2, 0.25) is 11.8 Å². The van der Waals surface area contributed by atoms with Crippen LogP contribution in [0.2, 0.25) is 0 Å². The van der Waals surface area contributed by atoms with E-state index in [4.69, 9.17) is 0 Å². The molecular formula is C28H38N2O2S. The third-order valence-corrected chi connectivity index (χ3v) is 7.34. The number of hydrogen-bond donors (Lipinski definition) is 1. The molecule has 1 fully saturated rings. The van der Waals surface area contributed by atoms with Crippen LogP contribution in [0.15, 0.2) is 48.5 Å². The molecule has 0 unspecified atom stereocenters. The smallest absolute Gasteiger partial charge is 0.243 e. The van der Waals surface area contributed by atoms with Crippen LogP contribution < -0.4 is 5.32 Å². The lowest BCUT2D eigenvalue weighted by atomic mass is 9.95. The molecule has 0 spiro atoms. The first kappa shape index (κ1) is 25.4. The summed E-state index contributed by atoms with van der Waals surface area (Å²) in [5, 5.41) is 3.25. The second-order valence-corrected chi connectivity index (χ2v) is 10.2. The third kappa shape index (κ3) is 7.92. The van der Waals surface area contributed by atoms with E-state index in [9.17, 15) is 9.59 Å². The highest BCUT2D eigenvalue weighted by Crippen LogP contribution is 2.21. The van der Waals surface area contributed by atoms with Crippen molar-refractivity contribution in [1.29, 1.82) is 0 Å². The summed E-state index contributed by atoms with van der Waals surface area (Å²) in [6, 6.07) is 16.4. The molecular weight excluding hydrogens is 428 g/mol. The van der Waals surface area contributed by atoms with E-state index in [1.807, 2.05) is 19.1 Å². The van der Waals surface area contributed by atoms with Gasteiger partial charge < -0.3 is 10.2 Å². The molecule has 5 heteroatoms. The van der Waals surface area contributed by atoms with Crippen molar-refractivity contribution in [3.05, 3.63) is 70.8 Å². The number of nitrogens with one attached hydrogen (secondary N) is 1. The van der Waals surface area contributed by atoms with Crippen molar-refractivity contribution in [2.75, 3.05) is 5.75 Å². The largest absolute Gasteiger partial charge is 0.352 e. The summed E-state index contributed by atoms with van der Waals surface area (Å²) in [7, 11) is 0. The average molecular weight is 467 g/mol. The van der Waals surface area contributed by atoms with E-state index >= 15 is 0 Å². The molecule has 2 aromatic carbocycles. The van der Waals surface area contributed by atoms with Crippen molar-refractivity contribution in [2.24, 2.45) is 0 Å². The lowest BCUT2D eigenvalue weighted by Gasteiger charge is -2.33. The number of nitrogens with zero attached hydrogens (tertiary/aromatic N) is 1. The van der Waals surface area contributed by atoms with Crippen LogP contribution in [0.1, 0.15) is 67.7 Å². The lowest BCUT2D eigenvalue weighted by Crippen LogP contribution is -2.52. The van der Waals surface area contributed by atoms with Crippen LogP contribution in [-0.4, -0.2) is 34.6 Å². The maximum absolute atomic E-state index is 13.4. The van der Waals surface area contributed by atoms with E-state index < -0.39 is 6.04 Å². The standard InChI is InChI=1S/C28H38N2O2S/c1-4-26(28(32)29-25-14-6-5-7-15-25)30(18-23-12-8-10-21(2)16-23)27(31)20-33-19-24-13-9-11-22(3)17-24/h8-13,16-17,25-26H,4-7,14-15,18-20H2,1-3H3,(H,29,32)/t26-/m0/s1. The summed E-state index contributed by atoms with van der Waals surface area (Å²) >= 11 is 1.62. The average Bonchev–Trinajstić information content (AvgIpc) is 2.79. The molecule has 0 aromatic heterocycles. The number of benzene rings is 2. The van der Waals surface area contributed by atoms with Crippen molar-refractivity contribution < 1.29 is 9.59 Å². The molecule has 4 nitrogen and oxygen atoms in total. The molecule has 1 N–H and O–H groups in total. The van der Waals surface area contributed by atoms with Gasteiger partial charge in [-0.25, -0.2) is 0 Å². The van der Waals surface area contributed by atoms with Gasteiger partial charge in [-0.3, -0.25) is 9.59 Å². The van der Waals surface area contributed by atoms with E-state index in [0.717, 1.165) is 29.7 Å². The Morgan fingerprint density at radius 1 is 1.00 bits per heavy atom. The normalized spacial score (nSPS) is 15.1. The third-order valence-electron chi connectivity index (χ3n) is 6.35. The quantitative estimate of drug-likeness (QED) is 0.482. The van der Waals surface area contributed by atoms with Crippen molar-refractivity contribution in [3.8, 4) is 0 Å². The summed E-state index contributed by atoms with van der Waals surface area (Å²) in [4.78, 5) is 28.5. The van der Waals surface area contributed by atoms with Crippen LogP contribution in [0.3, 0.4) is 0 Å². The van der Waals surface area contributed by atoms with Gasteiger partial charge >= 0.3 is 0 Å². The van der Waals surface area contributed by atoms with Gasteiger partial charge in [0.15, 0.2) is 0 Å². The fourth-order valence-electron chi connectivity index (χ4n) is 4.61. The van der Waals surface area contributed by atoms with Gasteiger partial charge in [-0.15, -0.1) is 11.8 Å². The highest BCUT2D eigenvalue weighted by atomic mass is 32.2.